The van der Waals surface area contributed by atoms with Gasteiger partial charge in [-0.25, -0.2) is 0 Å². The van der Waals surface area contributed by atoms with Crippen molar-refractivity contribution in [3.63, 3.8) is 0 Å². The van der Waals surface area contributed by atoms with E-state index in [1.54, 1.807) is 12.3 Å². The molecule has 0 bridgehead atoms. The van der Waals surface area contributed by atoms with E-state index in [2.05, 4.69) is 23.2 Å². The zero-order valence-corrected chi connectivity index (χ0v) is 13.5. The number of aliphatic imine (C=N–C) groups is 1. The predicted octanol–water partition coefficient (Wildman–Crippen LogP) is 4.99. The SMILES string of the molecule is CC1(C)OC(=CC=Nc2cccc3ccccc23)OC1(C)C. The van der Waals surface area contributed by atoms with E-state index in [9.17, 15) is 0 Å². The lowest BCUT2D eigenvalue weighted by atomic mass is 9.90. The van der Waals surface area contributed by atoms with Gasteiger partial charge in [-0.15, -0.1) is 0 Å². The summed E-state index contributed by atoms with van der Waals surface area (Å²) in [5.74, 6) is 0.513. The summed E-state index contributed by atoms with van der Waals surface area (Å²) in [6.07, 6.45) is 3.51. The van der Waals surface area contributed by atoms with E-state index in [1.807, 2.05) is 52.0 Å². The zero-order chi connectivity index (χ0) is 15.8. The Bertz CT molecular complexity index is 734. The van der Waals surface area contributed by atoms with E-state index < -0.39 is 0 Å². The molecule has 1 heterocycles. The van der Waals surface area contributed by atoms with E-state index >= 15 is 0 Å². The summed E-state index contributed by atoms with van der Waals surface area (Å²) in [5, 5.41) is 2.31. The largest absolute Gasteiger partial charge is 0.455 e. The van der Waals surface area contributed by atoms with Crippen LogP contribution in [0.3, 0.4) is 0 Å². The van der Waals surface area contributed by atoms with Crippen LogP contribution in [0.4, 0.5) is 5.69 Å². The van der Waals surface area contributed by atoms with Crippen LogP contribution >= 0.6 is 0 Å². The quantitative estimate of drug-likeness (QED) is 0.731. The van der Waals surface area contributed by atoms with Crippen molar-refractivity contribution in [2.75, 3.05) is 0 Å². The second-order valence-corrected chi connectivity index (χ2v) is 6.49. The summed E-state index contributed by atoms with van der Waals surface area (Å²) in [7, 11) is 0. The molecule has 0 radical (unpaired) electrons. The molecule has 3 heteroatoms. The minimum atomic E-state index is -0.355. The molecule has 1 aliphatic heterocycles. The van der Waals surface area contributed by atoms with Crippen molar-refractivity contribution in [1.82, 2.24) is 0 Å². The maximum atomic E-state index is 5.84. The number of rotatable bonds is 2. The number of ether oxygens (including phenoxy) is 2. The minimum absolute atomic E-state index is 0.355. The van der Waals surface area contributed by atoms with Gasteiger partial charge in [0.15, 0.2) is 0 Å². The van der Waals surface area contributed by atoms with Crippen molar-refractivity contribution in [2.45, 2.75) is 38.9 Å². The number of benzene rings is 2. The summed E-state index contributed by atoms with van der Waals surface area (Å²) >= 11 is 0. The first-order chi connectivity index (χ1) is 10.4. The first kappa shape index (κ1) is 14.6. The third-order valence-corrected chi connectivity index (χ3v) is 4.35. The molecule has 22 heavy (non-hydrogen) atoms. The molecule has 0 aliphatic carbocycles. The summed E-state index contributed by atoms with van der Waals surface area (Å²) in [4.78, 5) is 4.53. The Balaban J connectivity index is 1.85. The van der Waals surface area contributed by atoms with Gasteiger partial charge in [0.25, 0.3) is 5.95 Å². The first-order valence-corrected chi connectivity index (χ1v) is 7.49. The Hall–Kier alpha value is -2.29. The second kappa shape index (κ2) is 5.16. The first-order valence-electron chi connectivity index (χ1n) is 7.49. The normalized spacial score (nSPS) is 19.2. The standard InChI is InChI=1S/C19H21NO2/c1-18(2)19(3,4)22-17(21-18)12-13-20-16-11-7-9-14-8-5-6-10-15(14)16/h5-13H,1-4H3. The molecule has 0 atom stereocenters. The van der Waals surface area contributed by atoms with Gasteiger partial charge in [-0.2, -0.15) is 0 Å². The van der Waals surface area contributed by atoms with Crippen LogP contribution in [0.15, 0.2) is 59.5 Å². The van der Waals surface area contributed by atoms with Crippen molar-refractivity contribution in [3.8, 4) is 0 Å². The minimum Gasteiger partial charge on any atom is -0.455 e. The van der Waals surface area contributed by atoms with Crippen molar-refractivity contribution >= 4 is 22.7 Å². The van der Waals surface area contributed by atoms with Gasteiger partial charge >= 0.3 is 0 Å². The summed E-state index contributed by atoms with van der Waals surface area (Å²) < 4.78 is 11.7. The van der Waals surface area contributed by atoms with Crippen molar-refractivity contribution < 1.29 is 9.47 Å². The highest BCUT2D eigenvalue weighted by molar-refractivity contribution is 5.94. The highest BCUT2D eigenvalue weighted by atomic mass is 16.7. The Labute approximate surface area is 131 Å². The van der Waals surface area contributed by atoms with Crippen LogP contribution in [0.5, 0.6) is 0 Å². The average Bonchev–Trinajstić information content (AvgIpc) is 2.67. The lowest BCUT2D eigenvalue weighted by Crippen LogP contribution is -2.41. The third-order valence-electron chi connectivity index (χ3n) is 4.35. The van der Waals surface area contributed by atoms with Crippen LogP contribution in [0.2, 0.25) is 0 Å². The molecule has 1 saturated heterocycles. The predicted molar refractivity (Wildman–Crippen MR) is 90.5 cm³/mol. The Morgan fingerprint density at radius 1 is 0.864 bits per heavy atom. The van der Waals surface area contributed by atoms with E-state index in [1.165, 1.54) is 5.39 Å². The highest BCUT2D eigenvalue weighted by Gasteiger charge is 2.48. The van der Waals surface area contributed by atoms with Gasteiger partial charge in [-0.1, -0.05) is 36.4 Å². The molecule has 114 valence electrons. The van der Waals surface area contributed by atoms with Gasteiger partial charge in [-0.05, 0) is 39.1 Å². The van der Waals surface area contributed by atoms with Crippen LogP contribution in [0.25, 0.3) is 10.8 Å². The molecular formula is C19H21NO2. The maximum absolute atomic E-state index is 5.84. The van der Waals surface area contributed by atoms with Crippen LogP contribution in [-0.2, 0) is 9.47 Å². The lowest BCUT2D eigenvalue weighted by molar-refractivity contribution is 0.00578. The topological polar surface area (TPSA) is 30.8 Å². The number of nitrogens with zero attached hydrogens (tertiary/aromatic N) is 1. The van der Waals surface area contributed by atoms with E-state index in [4.69, 9.17) is 9.47 Å². The van der Waals surface area contributed by atoms with E-state index in [0.717, 1.165) is 11.1 Å². The van der Waals surface area contributed by atoms with Gasteiger partial charge < -0.3 is 9.47 Å². The molecule has 0 amide bonds. The lowest BCUT2D eigenvalue weighted by Gasteiger charge is -2.28. The zero-order valence-electron chi connectivity index (χ0n) is 13.5. The van der Waals surface area contributed by atoms with Crippen molar-refractivity contribution in [3.05, 3.63) is 54.5 Å². The Morgan fingerprint density at radius 2 is 1.50 bits per heavy atom. The molecule has 0 saturated carbocycles. The fourth-order valence-electron chi connectivity index (χ4n) is 2.34. The summed E-state index contributed by atoms with van der Waals surface area (Å²) in [5.41, 5.74) is 0.226. The Kier molecular flexibility index (Phi) is 3.44. The van der Waals surface area contributed by atoms with E-state index in [0.29, 0.717) is 5.95 Å². The summed E-state index contributed by atoms with van der Waals surface area (Å²) in [6, 6.07) is 14.3. The van der Waals surface area contributed by atoms with Gasteiger partial charge in [0, 0.05) is 17.7 Å². The third kappa shape index (κ3) is 2.59. The number of hydrogen-bond acceptors (Lipinski definition) is 3. The molecule has 1 fully saturated rings. The molecule has 2 aromatic carbocycles. The van der Waals surface area contributed by atoms with Crippen molar-refractivity contribution in [2.24, 2.45) is 4.99 Å². The Morgan fingerprint density at radius 3 is 2.23 bits per heavy atom. The van der Waals surface area contributed by atoms with Crippen LogP contribution < -0.4 is 0 Å². The molecular weight excluding hydrogens is 274 g/mol. The molecule has 3 nitrogen and oxygen atoms in total. The van der Waals surface area contributed by atoms with Crippen LogP contribution in [0, 0.1) is 0 Å². The molecule has 2 aromatic rings. The van der Waals surface area contributed by atoms with E-state index in [-0.39, 0.29) is 11.2 Å². The highest BCUT2D eigenvalue weighted by Crippen LogP contribution is 2.39. The van der Waals surface area contributed by atoms with Gasteiger partial charge in [0.05, 0.1) is 5.69 Å². The maximum Gasteiger partial charge on any atom is 0.282 e. The smallest absolute Gasteiger partial charge is 0.282 e. The van der Waals surface area contributed by atoms with Gasteiger partial charge in [-0.3, -0.25) is 4.99 Å². The van der Waals surface area contributed by atoms with Crippen LogP contribution in [0.1, 0.15) is 27.7 Å². The molecule has 1 aliphatic rings. The fourth-order valence-corrected chi connectivity index (χ4v) is 2.34. The van der Waals surface area contributed by atoms with Gasteiger partial charge in [0.2, 0.25) is 0 Å². The average molecular weight is 295 g/mol. The molecule has 0 N–H and O–H groups in total. The molecule has 0 spiro atoms. The van der Waals surface area contributed by atoms with Crippen molar-refractivity contribution in [1.29, 1.82) is 0 Å². The number of allylic oxidation sites excluding steroid dienone is 1. The number of fused-ring (bicyclic) bond motifs is 1. The fraction of sp³-hybridized carbons (Fsp3) is 0.316. The summed E-state index contributed by atoms with van der Waals surface area (Å²) in [6.45, 7) is 8.09. The van der Waals surface area contributed by atoms with Gasteiger partial charge in [0.1, 0.15) is 11.2 Å². The number of hydrogen-bond donors (Lipinski definition) is 0. The molecule has 3 rings (SSSR count). The second-order valence-electron chi connectivity index (χ2n) is 6.49. The molecule has 0 unspecified atom stereocenters. The monoisotopic (exact) mass is 295 g/mol. The molecule has 0 aromatic heterocycles. The van der Waals surface area contributed by atoms with Crippen LogP contribution in [-0.4, -0.2) is 17.4 Å².